The number of rotatable bonds is 2. The highest BCUT2D eigenvalue weighted by Crippen LogP contribution is 2.21. The van der Waals surface area contributed by atoms with E-state index in [2.05, 4.69) is 10.4 Å². The van der Waals surface area contributed by atoms with Gasteiger partial charge in [0.1, 0.15) is 0 Å². The van der Waals surface area contributed by atoms with E-state index in [1.165, 1.54) is 5.17 Å². The molecule has 1 aromatic rings. The van der Waals surface area contributed by atoms with Gasteiger partial charge in [-0.05, 0) is 6.07 Å². The molecule has 0 radical (unpaired) electrons. The molecule has 1 N–H and O–H groups in total. The Kier molecular flexibility index (Phi) is 2.55. The largest absolute Gasteiger partial charge is 0.336 e. The van der Waals surface area contributed by atoms with E-state index in [4.69, 9.17) is 4.84 Å². The van der Waals surface area contributed by atoms with E-state index in [9.17, 15) is 4.79 Å². The van der Waals surface area contributed by atoms with Gasteiger partial charge in [-0.1, -0.05) is 19.9 Å². The highest BCUT2D eigenvalue weighted by atomic mass is 16.7. The van der Waals surface area contributed by atoms with Gasteiger partial charge in [-0.3, -0.25) is 0 Å². The molecule has 0 saturated heterocycles. The van der Waals surface area contributed by atoms with Crippen LogP contribution in [-0.4, -0.2) is 11.0 Å². The van der Waals surface area contributed by atoms with Crippen LogP contribution < -0.4 is 10.6 Å². The maximum Gasteiger partial charge on any atom is 0.336 e. The van der Waals surface area contributed by atoms with Crippen molar-refractivity contribution in [2.45, 2.75) is 20.4 Å². The van der Waals surface area contributed by atoms with E-state index in [-0.39, 0.29) is 11.9 Å². The van der Waals surface area contributed by atoms with Crippen LogP contribution in [-0.2, 0) is 16.2 Å². The number of fused-ring (bicyclic) bond motifs is 1. The Morgan fingerprint density at radius 3 is 3.20 bits per heavy atom. The number of anilines is 1. The standard InChI is InChI=1S/C10H13N3O2/c1-7(2)10(14)15-13-9-8(6-12-13)4-3-5-11-9/h3-5,7,12H,6H2,1-2H3. The lowest BCUT2D eigenvalue weighted by molar-refractivity contribution is -0.150. The van der Waals surface area contributed by atoms with Gasteiger partial charge in [-0.25, -0.2) is 9.78 Å². The summed E-state index contributed by atoms with van der Waals surface area (Å²) in [5.41, 5.74) is 3.96. The Bertz CT molecular complexity index is 379. The predicted molar refractivity (Wildman–Crippen MR) is 54.5 cm³/mol. The molecular weight excluding hydrogens is 194 g/mol. The molecule has 2 heterocycles. The lowest BCUT2D eigenvalue weighted by Crippen LogP contribution is -2.36. The molecule has 0 aromatic carbocycles. The predicted octanol–water partition coefficient (Wildman–Crippen LogP) is 1.02. The zero-order chi connectivity index (χ0) is 10.8. The fourth-order valence-corrected chi connectivity index (χ4v) is 1.25. The molecule has 1 aromatic heterocycles. The average Bonchev–Trinajstić information content (AvgIpc) is 2.62. The number of carbonyl (C=O) groups is 1. The SMILES string of the molecule is CC(C)C(=O)ON1NCc2cccnc21. The molecule has 0 amide bonds. The van der Waals surface area contributed by atoms with E-state index in [0.717, 1.165) is 5.56 Å². The minimum absolute atomic E-state index is 0.153. The number of carbonyl (C=O) groups excluding carboxylic acids is 1. The third kappa shape index (κ3) is 1.92. The minimum atomic E-state index is -0.277. The molecular formula is C10H13N3O2. The second-order valence-electron chi connectivity index (χ2n) is 3.68. The lowest BCUT2D eigenvalue weighted by atomic mass is 10.2. The van der Waals surface area contributed by atoms with E-state index in [1.54, 1.807) is 20.0 Å². The number of aromatic nitrogens is 1. The molecule has 5 heteroatoms. The molecule has 0 atom stereocenters. The third-order valence-electron chi connectivity index (χ3n) is 2.13. The number of pyridine rings is 1. The van der Waals surface area contributed by atoms with Crippen LogP contribution in [0.1, 0.15) is 19.4 Å². The number of nitrogens with zero attached hydrogens (tertiary/aromatic N) is 2. The molecule has 15 heavy (non-hydrogen) atoms. The first-order chi connectivity index (χ1) is 7.18. The topological polar surface area (TPSA) is 54.5 Å². The summed E-state index contributed by atoms with van der Waals surface area (Å²) in [4.78, 5) is 20.6. The summed E-state index contributed by atoms with van der Waals surface area (Å²) in [5, 5.41) is 1.33. The van der Waals surface area contributed by atoms with Crippen LogP contribution in [0.15, 0.2) is 18.3 Å². The van der Waals surface area contributed by atoms with Crippen LogP contribution in [0.3, 0.4) is 0 Å². The second kappa shape index (κ2) is 3.86. The van der Waals surface area contributed by atoms with Gasteiger partial charge in [0.25, 0.3) is 0 Å². The molecule has 80 valence electrons. The van der Waals surface area contributed by atoms with Crippen molar-refractivity contribution in [1.29, 1.82) is 0 Å². The monoisotopic (exact) mass is 207 g/mol. The molecule has 0 bridgehead atoms. The summed E-state index contributed by atoms with van der Waals surface area (Å²) < 4.78 is 0. The summed E-state index contributed by atoms with van der Waals surface area (Å²) >= 11 is 0. The number of hydrazine groups is 1. The van der Waals surface area contributed by atoms with Gasteiger partial charge in [0.05, 0.1) is 5.92 Å². The van der Waals surface area contributed by atoms with Gasteiger partial charge in [0.2, 0.25) is 0 Å². The normalized spacial score (nSPS) is 14.2. The molecule has 2 rings (SSSR count). The van der Waals surface area contributed by atoms with Gasteiger partial charge in [0, 0.05) is 18.3 Å². The van der Waals surface area contributed by atoms with E-state index >= 15 is 0 Å². The van der Waals surface area contributed by atoms with Crippen LogP contribution in [0.2, 0.25) is 0 Å². The lowest BCUT2D eigenvalue weighted by Gasteiger charge is -2.17. The van der Waals surface area contributed by atoms with Crippen LogP contribution in [0.25, 0.3) is 0 Å². The molecule has 5 nitrogen and oxygen atoms in total. The van der Waals surface area contributed by atoms with Crippen molar-refractivity contribution in [3.63, 3.8) is 0 Å². The van der Waals surface area contributed by atoms with Gasteiger partial charge in [-0.15, -0.1) is 5.17 Å². The van der Waals surface area contributed by atoms with E-state index in [0.29, 0.717) is 12.4 Å². The van der Waals surface area contributed by atoms with Crippen LogP contribution in [0, 0.1) is 5.92 Å². The number of nitrogens with one attached hydrogen (secondary N) is 1. The van der Waals surface area contributed by atoms with Crippen molar-refractivity contribution in [3.05, 3.63) is 23.9 Å². The number of hydrogen-bond acceptors (Lipinski definition) is 5. The first kappa shape index (κ1) is 9.92. The molecule has 1 aliphatic rings. The van der Waals surface area contributed by atoms with Gasteiger partial charge in [-0.2, -0.15) is 5.43 Å². The molecule has 0 saturated carbocycles. The third-order valence-corrected chi connectivity index (χ3v) is 2.13. The first-order valence-corrected chi connectivity index (χ1v) is 4.88. The van der Waals surface area contributed by atoms with Crippen LogP contribution >= 0.6 is 0 Å². The fraction of sp³-hybridized carbons (Fsp3) is 0.400. The Labute approximate surface area is 88.0 Å². The molecule has 1 aliphatic heterocycles. The zero-order valence-corrected chi connectivity index (χ0v) is 8.73. The van der Waals surface area contributed by atoms with Gasteiger partial charge in [0.15, 0.2) is 5.82 Å². The van der Waals surface area contributed by atoms with E-state index in [1.807, 2.05) is 12.1 Å². The van der Waals surface area contributed by atoms with E-state index < -0.39 is 0 Å². The van der Waals surface area contributed by atoms with Crippen LogP contribution in [0.5, 0.6) is 0 Å². The molecule has 0 unspecified atom stereocenters. The Balaban J connectivity index is 2.11. The maximum atomic E-state index is 11.4. The summed E-state index contributed by atoms with van der Waals surface area (Å²) in [6.45, 7) is 4.21. The summed E-state index contributed by atoms with van der Waals surface area (Å²) in [6.07, 6.45) is 1.67. The second-order valence-corrected chi connectivity index (χ2v) is 3.68. The quantitative estimate of drug-likeness (QED) is 0.784. The minimum Gasteiger partial charge on any atom is -0.323 e. The molecule has 0 spiro atoms. The van der Waals surface area contributed by atoms with Gasteiger partial charge >= 0.3 is 5.97 Å². The highest BCUT2D eigenvalue weighted by molar-refractivity contribution is 5.72. The first-order valence-electron chi connectivity index (χ1n) is 4.88. The van der Waals surface area contributed by atoms with Crippen molar-refractivity contribution < 1.29 is 9.63 Å². The molecule has 0 aliphatic carbocycles. The molecule has 0 fully saturated rings. The van der Waals surface area contributed by atoms with Crippen molar-refractivity contribution in [2.24, 2.45) is 5.92 Å². The van der Waals surface area contributed by atoms with Crippen molar-refractivity contribution in [3.8, 4) is 0 Å². The maximum absolute atomic E-state index is 11.4. The Morgan fingerprint density at radius 1 is 1.67 bits per heavy atom. The zero-order valence-electron chi connectivity index (χ0n) is 8.73. The van der Waals surface area contributed by atoms with Crippen molar-refractivity contribution in [2.75, 3.05) is 5.17 Å². The van der Waals surface area contributed by atoms with Crippen LogP contribution in [0.4, 0.5) is 5.82 Å². The summed E-state index contributed by atoms with van der Waals surface area (Å²) in [7, 11) is 0. The fourth-order valence-electron chi connectivity index (χ4n) is 1.25. The Hall–Kier alpha value is -1.62. The Morgan fingerprint density at radius 2 is 2.47 bits per heavy atom. The number of hydrogen-bond donors (Lipinski definition) is 1. The van der Waals surface area contributed by atoms with Gasteiger partial charge < -0.3 is 4.84 Å². The highest BCUT2D eigenvalue weighted by Gasteiger charge is 2.24. The summed E-state index contributed by atoms with van der Waals surface area (Å²) in [5.74, 6) is 0.229. The average molecular weight is 207 g/mol. The van der Waals surface area contributed by atoms with Crippen molar-refractivity contribution >= 4 is 11.8 Å². The smallest absolute Gasteiger partial charge is 0.323 e. The summed E-state index contributed by atoms with van der Waals surface area (Å²) in [6, 6.07) is 3.80. The van der Waals surface area contributed by atoms with Crippen molar-refractivity contribution in [1.82, 2.24) is 10.4 Å².